The van der Waals surface area contributed by atoms with Crippen LogP contribution in [0.1, 0.15) is 55.8 Å². The van der Waals surface area contributed by atoms with Gasteiger partial charge in [-0.25, -0.2) is 0 Å². The molecule has 1 aromatic carbocycles. The fraction of sp³-hybridized carbons (Fsp3) is 0.348. The highest BCUT2D eigenvalue weighted by Gasteiger charge is 2.24. The second-order valence-electron chi connectivity index (χ2n) is 7.44. The number of phenols is 1. The molecule has 8 heteroatoms. The minimum Gasteiger partial charge on any atom is -0.506 e. The van der Waals surface area contributed by atoms with Crippen LogP contribution in [0.15, 0.2) is 36.8 Å². The molecule has 3 rings (SSSR count). The van der Waals surface area contributed by atoms with E-state index in [0.29, 0.717) is 17.4 Å². The Balaban J connectivity index is 1.82. The summed E-state index contributed by atoms with van der Waals surface area (Å²) < 4.78 is 1.84. The zero-order chi connectivity index (χ0) is 22.4. The number of benzene rings is 1. The Morgan fingerprint density at radius 2 is 1.74 bits per heavy atom. The molecule has 1 amide bonds. The lowest BCUT2D eigenvalue weighted by Crippen LogP contribution is -2.23. The second kappa shape index (κ2) is 10.6. The van der Waals surface area contributed by atoms with Crippen molar-refractivity contribution < 1.29 is 14.7 Å². The van der Waals surface area contributed by atoms with Crippen molar-refractivity contribution in [2.24, 2.45) is 0 Å². The molecule has 0 fully saturated rings. The third-order valence-electron chi connectivity index (χ3n) is 5.17. The highest BCUT2D eigenvalue weighted by Crippen LogP contribution is 2.31. The zero-order valence-electron chi connectivity index (χ0n) is 17.3. The Morgan fingerprint density at radius 1 is 1.06 bits per heavy atom. The Bertz CT molecular complexity index is 1070. The molecule has 0 saturated heterocycles. The molecule has 2 N–H and O–H groups in total. The summed E-state index contributed by atoms with van der Waals surface area (Å²) >= 11 is 12.1. The fourth-order valence-corrected chi connectivity index (χ4v) is 4.04. The van der Waals surface area contributed by atoms with Gasteiger partial charge in [-0.2, -0.15) is 0 Å². The number of halogens is 2. The van der Waals surface area contributed by atoms with Crippen LogP contribution >= 0.6 is 23.2 Å². The Labute approximate surface area is 191 Å². The van der Waals surface area contributed by atoms with E-state index in [0.717, 1.165) is 19.3 Å². The number of hydrogen-bond donors (Lipinski definition) is 2. The van der Waals surface area contributed by atoms with Crippen molar-refractivity contribution in [3.05, 3.63) is 52.4 Å². The van der Waals surface area contributed by atoms with E-state index in [2.05, 4.69) is 17.2 Å². The van der Waals surface area contributed by atoms with Gasteiger partial charge in [-0.15, -0.1) is 0 Å². The quantitative estimate of drug-likeness (QED) is 0.213. The number of aryl methyl sites for hydroxylation is 1. The fourth-order valence-electron chi connectivity index (χ4n) is 3.58. The molecular weight excluding hydrogens is 437 g/mol. The maximum absolute atomic E-state index is 12.9. The average molecular weight is 462 g/mol. The highest BCUT2D eigenvalue weighted by atomic mass is 35.5. The number of unbranched alkanes of at least 4 members (excludes halogenated alkanes) is 5. The molecule has 0 saturated carbocycles. The minimum absolute atomic E-state index is 0.0724. The number of hydrogen-bond acceptors (Lipinski definition) is 4. The van der Waals surface area contributed by atoms with Crippen molar-refractivity contribution >= 4 is 51.5 Å². The van der Waals surface area contributed by atoms with Gasteiger partial charge in [-0.1, -0.05) is 74.4 Å². The topological polar surface area (TPSA) is 84.2 Å². The number of para-hydroxylation sites is 1. The van der Waals surface area contributed by atoms with Crippen LogP contribution in [0.2, 0.25) is 10.0 Å². The second-order valence-corrected chi connectivity index (χ2v) is 8.25. The first kappa shape index (κ1) is 23.1. The number of pyridine rings is 1. The Hall–Kier alpha value is -2.57. The number of nitrogens with one attached hydrogen (secondary N) is 1. The summed E-state index contributed by atoms with van der Waals surface area (Å²) in [5.41, 5.74) is 0.901. The molecular formula is C23H25Cl2N3O3. The molecule has 6 nitrogen and oxygen atoms in total. The summed E-state index contributed by atoms with van der Waals surface area (Å²) in [7, 11) is 0. The first-order valence-electron chi connectivity index (χ1n) is 10.4. The predicted octanol–water partition coefficient (Wildman–Crippen LogP) is 6.23. The molecule has 2 aromatic heterocycles. The van der Waals surface area contributed by atoms with E-state index in [4.69, 9.17) is 23.2 Å². The van der Waals surface area contributed by atoms with Crippen LogP contribution in [0.5, 0.6) is 5.75 Å². The van der Waals surface area contributed by atoms with Gasteiger partial charge in [0, 0.05) is 30.5 Å². The largest absolute Gasteiger partial charge is 0.506 e. The Kier molecular flexibility index (Phi) is 7.93. The van der Waals surface area contributed by atoms with E-state index in [1.165, 1.54) is 31.7 Å². The summed E-state index contributed by atoms with van der Waals surface area (Å²) in [5, 5.41) is 13.7. The number of carbonyl (C=O) groups excluding carboxylic acids is 2. The lowest BCUT2D eigenvalue weighted by molar-refractivity contribution is -0.112. The summed E-state index contributed by atoms with van der Waals surface area (Å²) in [6.45, 7) is 2.83. The van der Waals surface area contributed by atoms with Gasteiger partial charge < -0.3 is 15.0 Å². The monoisotopic (exact) mass is 461 g/mol. The molecule has 31 heavy (non-hydrogen) atoms. The van der Waals surface area contributed by atoms with E-state index in [9.17, 15) is 14.7 Å². The van der Waals surface area contributed by atoms with Crippen molar-refractivity contribution in [1.29, 1.82) is 0 Å². The van der Waals surface area contributed by atoms with Gasteiger partial charge in [-0.05, 0) is 12.5 Å². The molecule has 0 spiro atoms. The van der Waals surface area contributed by atoms with E-state index >= 15 is 0 Å². The molecule has 3 aromatic rings. The maximum atomic E-state index is 12.9. The molecule has 0 radical (unpaired) electrons. The van der Waals surface area contributed by atoms with Gasteiger partial charge in [-0.3, -0.25) is 14.6 Å². The molecule has 2 heterocycles. The van der Waals surface area contributed by atoms with E-state index < -0.39 is 11.7 Å². The summed E-state index contributed by atoms with van der Waals surface area (Å²) in [6.07, 6.45) is 11.1. The molecule has 0 bridgehead atoms. The van der Waals surface area contributed by atoms with Crippen molar-refractivity contribution in [3.63, 3.8) is 0 Å². The molecule has 0 aliphatic carbocycles. The number of ketones is 1. The van der Waals surface area contributed by atoms with Crippen LogP contribution in [0.4, 0.5) is 5.69 Å². The third-order valence-corrected chi connectivity index (χ3v) is 5.75. The van der Waals surface area contributed by atoms with Crippen molar-refractivity contribution in [2.75, 3.05) is 5.32 Å². The van der Waals surface area contributed by atoms with Crippen LogP contribution in [0, 0.1) is 0 Å². The van der Waals surface area contributed by atoms with Crippen molar-refractivity contribution in [2.45, 2.75) is 52.0 Å². The van der Waals surface area contributed by atoms with E-state index in [1.54, 1.807) is 24.4 Å². The number of amides is 1. The third kappa shape index (κ3) is 5.38. The lowest BCUT2D eigenvalue weighted by atomic mass is 10.1. The van der Waals surface area contributed by atoms with Crippen LogP contribution in [0.25, 0.3) is 10.9 Å². The molecule has 0 aliphatic heterocycles. The van der Waals surface area contributed by atoms with Crippen molar-refractivity contribution in [3.8, 4) is 5.75 Å². The van der Waals surface area contributed by atoms with Gasteiger partial charge >= 0.3 is 0 Å². The van der Waals surface area contributed by atoms with Crippen molar-refractivity contribution in [1.82, 2.24) is 9.55 Å². The number of phenolic OH excluding ortho intramolecular Hbond substituents is 1. The van der Waals surface area contributed by atoms with Crippen LogP contribution in [-0.2, 0) is 11.3 Å². The number of carbonyl (C=O) groups is 2. The average Bonchev–Trinajstić information content (AvgIpc) is 3.12. The van der Waals surface area contributed by atoms with E-state index in [-0.39, 0.29) is 27.0 Å². The van der Waals surface area contributed by atoms with E-state index in [1.807, 2.05) is 4.57 Å². The number of anilines is 1. The number of Topliss-reactive ketones (excluding diaryl/α,β-unsaturated/α-hetero) is 1. The number of nitrogens with zero attached hydrogens (tertiary/aromatic N) is 2. The van der Waals surface area contributed by atoms with Gasteiger partial charge in [0.2, 0.25) is 0 Å². The summed E-state index contributed by atoms with van der Waals surface area (Å²) in [6, 6.07) is 4.95. The zero-order valence-corrected chi connectivity index (χ0v) is 18.8. The number of aromatic nitrogens is 2. The Morgan fingerprint density at radius 3 is 2.45 bits per heavy atom. The van der Waals surface area contributed by atoms with Crippen LogP contribution < -0.4 is 5.32 Å². The summed E-state index contributed by atoms with van der Waals surface area (Å²) in [4.78, 5) is 29.4. The SMILES string of the molecule is CCCCCCCCn1cc(C(=O)C(=O)Nc2c(Cl)cncc2Cl)c2cccc(O)c21. The molecule has 0 aliphatic rings. The van der Waals surface area contributed by atoms with Gasteiger partial charge in [0.1, 0.15) is 5.75 Å². The number of aromatic hydroxyl groups is 1. The first-order chi connectivity index (χ1) is 14.9. The van der Waals surface area contributed by atoms with Gasteiger partial charge in [0.05, 0.1) is 26.8 Å². The predicted molar refractivity (Wildman–Crippen MR) is 124 cm³/mol. The smallest absolute Gasteiger partial charge is 0.296 e. The maximum Gasteiger partial charge on any atom is 0.296 e. The molecule has 0 atom stereocenters. The molecule has 0 unspecified atom stereocenters. The molecule has 164 valence electrons. The normalized spacial score (nSPS) is 11.1. The first-order valence-corrected chi connectivity index (χ1v) is 11.1. The van der Waals surface area contributed by atoms with Gasteiger partial charge in [0.15, 0.2) is 0 Å². The summed E-state index contributed by atoms with van der Waals surface area (Å²) in [5.74, 6) is -1.53. The minimum atomic E-state index is -0.864. The van der Waals surface area contributed by atoms with Crippen LogP contribution in [0.3, 0.4) is 0 Å². The lowest BCUT2D eigenvalue weighted by Gasteiger charge is -2.07. The van der Waals surface area contributed by atoms with Crippen LogP contribution in [-0.4, -0.2) is 26.3 Å². The van der Waals surface area contributed by atoms with Gasteiger partial charge in [0.25, 0.3) is 11.7 Å². The number of rotatable bonds is 10. The number of fused-ring (bicyclic) bond motifs is 1. The highest BCUT2D eigenvalue weighted by molar-refractivity contribution is 6.50. The standard InChI is InChI=1S/C23H25Cl2N3O3/c1-2-3-4-5-6-7-11-28-14-16(15-9-8-10-19(29)21(15)28)22(30)23(31)27-20-17(24)12-26-13-18(20)25/h8-10,12-14,29H,2-7,11H2,1H3,(H,26,27,31).